The first kappa shape index (κ1) is 19.7. The standard InChI is InChI=1S/C20H28N4O2S/c1-13-7-5-6-8-17(13)21-19(25)14(2)27-20-23-22-18(24(20)3)15-9-11-16(26-4)12-10-15/h9-14,17H,5-8H2,1-4H3,(H,21,25). The molecule has 146 valence electrons. The molecule has 7 heteroatoms. The van der Waals surface area contributed by atoms with Gasteiger partial charge in [-0.15, -0.1) is 10.2 Å². The van der Waals surface area contributed by atoms with Gasteiger partial charge >= 0.3 is 0 Å². The molecule has 1 heterocycles. The van der Waals surface area contributed by atoms with Gasteiger partial charge in [0.25, 0.3) is 0 Å². The first-order valence-electron chi connectivity index (χ1n) is 9.50. The predicted molar refractivity (Wildman–Crippen MR) is 108 cm³/mol. The highest BCUT2D eigenvalue weighted by Crippen LogP contribution is 2.28. The van der Waals surface area contributed by atoms with Gasteiger partial charge in [-0.05, 0) is 49.9 Å². The van der Waals surface area contributed by atoms with Gasteiger partial charge in [0.2, 0.25) is 5.91 Å². The first-order chi connectivity index (χ1) is 13.0. The smallest absolute Gasteiger partial charge is 0.233 e. The molecule has 2 aromatic rings. The van der Waals surface area contributed by atoms with E-state index in [1.165, 1.54) is 31.0 Å². The van der Waals surface area contributed by atoms with E-state index in [-0.39, 0.29) is 11.2 Å². The molecule has 1 saturated carbocycles. The van der Waals surface area contributed by atoms with Crippen LogP contribution in [0, 0.1) is 5.92 Å². The van der Waals surface area contributed by atoms with E-state index in [9.17, 15) is 4.79 Å². The van der Waals surface area contributed by atoms with Crippen LogP contribution in [0.25, 0.3) is 11.4 Å². The van der Waals surface area contributed by atoms with Crippen molar-refractivity contribution >= 4 is 17.7 Å². The number of hydrogen-bond acceptors (Lipinski definition) is 5. The maximum Gasteiger partial charge on any atom is 0.233 e. The molecule has 0 saturated heterocycles. The van der Waals surface area contributed by atoms with Crippen LogP contribution in [0.5, 0.6) is 5.75 Å². The van der Waals surface area contributed by atoms with Crippen molar-refractivity contribution in [1.29, 1.82) is 0 Å². The van der Waals surface area contributed by atoms with Gasteiger partial charge in [0.1, 0.15) is 5.75 Å². The van der Waals surface area contributed by atoms with Gasteiger partial charge < -0.3 is 14.6 Å². The number of ether oxygens (including phenoxy) is 1. The molecule has 1 aromatic carbocycles. The Labute approximate surface area is 165 Å². The summed E-state index contributed by atoms with van der Waals surface area (Å²) in [7, 11) is 3.57. The van der Waals surface area contributed by atoms with E-state index < -0.39 is 0 Å². The Kier molecular flexibility index (Phi) is 6.42. The number of amides is 1. The molecule has 0 bridgehead atoms. The van der Waals surface area contributed by atoms with Gasteiger partial charge in [-0.25, -0.2) is 0 Å². The minimum absolute atomic E-state index is 0.0766. The van der Waals surface area contributed by atoms with Crippen LogP contribution in [-0.4, -0.2) is 39.1 Å². The second-order valence-electron chi connectivity index (χ2n) is 7.23. The average molecular weight is 389 g/mol. The lowest BCUT2D eigenvalue weighted by molar-refractivity contribution is -0.121. The van der Waals surface area contributed by atoms with E-state index >= 15 is 0 Å². The van der Waals surface area contributed by atoms with E-state index in [2.05, 4.69) is 22.4 Å². The van der Waals surface area contributed by atoms with Gasteiger partial charge in [-0.3, -0.25) is 4.79 Å². The lowest BCUT2D eigenvalue weighted by Gasteiger charge is -2.30. The molecule has 6 nitrogen and oxygen atoms in total. The van der Waals surface area contributed by atoms with Gasteiger partial charge in [-0.2, -0.15) is 0 Å². The monoisotopic (exact) mass is 388 g/mol. The number of hydrogen-bond donors (Lipinski definition) is 1. The molecule has 0 aliphatic heterocycles. The van der Waals surface area contributed by atoms with Gasteiger partial charge in [0.15, 0.2) is 11.0 Å². The van der Waals surface area contributed by atoms with Crippen LogP contribution in [-0.2, 0) is 11.8 Å². The van der Waals surface area contributed by atoms with E-state index in [4.69, 9.17) is 4.74 Å². The highest BCUT2D eigenvalue weighted by Gasteiger charge is 2.26. The van der Waals surface area contributed by atoms with E-state index in [1.807, 2.05) is 42.8 Å². The summed E-state index contributed by atoms with van der Waals surface area (Å²) in [5.74, 6) is 2.20. The molecule has 1 N–H and O–H groups in total. The highest BCUT2D eigenvalue weighted by molar-refractivity contribution is 8.00. The third-order valence-electron chi connectivity index (χ3n) is 5.27. The number of thioether (sulfide) groups is 1. The third kappa shape index (κ3) is 4.64. The maximum absolute atomic E-state index is 12.6. The summed E-state index contributed by atoms with van der Waals surface area (Å²) in [6, 6.07) is 8.01. The fourth-order valence-electron chi connectivity index (χ4n) is 3.45. The summed E-state index contributed by atoms with van der Waals surface area (Å²) in [5, 5.41) is 12.3. The molecular formula is C20H28N4O2S. The molecule has 0 spiro atoms. The Balaban J connectivity index is 1.64. The molecule has 3 rings (SSSR count). The van der Waals surface area contributed by atoms with Crippen LogP contribution >= 0.6 is 11.8 Å². The van der Waals surface area contributed by atoms with Crippen molar-refractivity contribution in [3.8, 4) is 17.1 Å². The van der Waals surface area contributed by atoms with Crippen LogP contribution in [0.3, 0.4) is 0 Å². The van der Waals surface area contributed by atoms with Crippen LogP contribution in [0.4, 0.5) is 0 Å². The topological polar surface area (TPSA) is 69.0 Å². The number of aromatic nitrogens is 3. The van der Waals surface area contributed by atoms with Crippen molar-refractivity contribution < 1.29 is 9.53 Å². The Morgan fingerprint density at radius 3 is 2.63 bits per heavy atom. The Bertz CT molecular complexity index is 775. The Morgan fingerprint density at radius 1 is 1.26 bits per heavy atom. The number of nitrogens with zero attached hydrogens (tertiary/aromatic N) is 3. The molecule has 3 unspecified atom stereocenters. The number of methoxy groups -OCH3 is 1. The van der Waals surface area contributed by atoms with Crippen molar-refractivity contribution in [1.82, 2.24) is 20.1 Å². The molecule has 1 aliphatic carbocycles. The summed E-state index contributed by atoms with van der Waals surface area (Å²) >= 11 is 1.44. The SMILES string of the molecule is COc1ccc(-c2nnc(SC(C)C(=O)NC3CCCCC3C)n2C)cc1. The summed E-state index contributed by atoms with van der Waals surface area (Å²) < 4.78 is 7.13. The fourth-order valence-corrected chi connectivity index (χ4v) is 4.28. The summed E-state index contributed by atoms with van der Waals surface area (Å²) in [4.78, 5) is 12.6. The fraction of sp³-hybridized carbons (Fsp3) is 0.550. The van der Waals surface area contributed by atoms with Gasteiger partial charge in [-0.1, -0.05) is 31.5 Å². The number of nitrogens with one attached hydrogen (secondary N) is 1. The molecule has 27 heavy (non-hydrogen) atoms. The molecule has 0 radical (unpaired) electrons. The number of carbonyl (C=O) groups is 1. The summed E-state index contributed by atoms with van der Waals surface area (Å²) in [6.07, 6.45) is 4.74. The van der Waals surface area contributed by atoms with Gasteiger partial charge in [0.05, 0.1) is 12.4 Å². The summed E-state index contributed by atoms with van der Waals surface area (Å²) in [5.41, 5.74) is 0.964. The molecule has 1 aliphatic rings. The van der Waals surface area contributed by atoms with Gasteiger partial charge in [0, 0.05) is 18.7 Å². The molecule has 3 atom stereocenters. The third-order valence-corrected chi connectivity index (χ3v) is 6.41. The average Bonchev–Trinajstić information content (AvgIpc) is 3.04. The number of carbonyl (C=O) groups excluding carboxylic acids is 1. The quantitative estimate of drug-likeness (QED) is 0.765. The number of benzene rings is 1. The minimum atomic E-state index is -0.217. The van der Waals surface area contributed by atoms with Crippen molar-refractivity contribution in [2.45, 2.75) is 56.0 Å². The zero-order chi connectivity index (χ0) is 19.4. The molecule has 1 fully saturated rings. The molecule has 1 aromatic heterocycles. The van der Waals surface area contributed by atoms with E-state index in [1.54, 1.807) is 7.11 Å². The zero-order valence-corrected chi connectivity index (χ0v) is 17.3. The summed E-state index contributed by atoms with van der Waals surface area (Å²) in [6.45, 7) is 4.15. The maximum atomic E-state index is 12.6. The predicted octanol–water partition coefficient (Wildman–Crippen LogP) is 3.67. The van der Waals surface area contributed by atoms with Crippen LogP contribution in [0.15, 0.2) is 29.4 Å². The Morgan fingerprint density at radius 2 is 1.96 bits per heavy atom. The van der Waals surface area contributed by atoms with Crippen LogP contribution in [0.1, 0.15) is 39.5 Å². The second kappa shape index (κ2) is 8.78. The van der Waals surface area contributed by atoms with E-state index in [0.29, 0.717) is 12.0 Å². The first-order valence-corrected chi connectivity index (χ1v) is 10.4. The Hall–Kier alpha value is -2.02. The molecule has 1 amide bonds. The lowest BCUT2D eigenvalue weighted by Crippen LogP contribution is -2.44. The normalized spacial score (nSPS) is 20.9. The zero-order valence-electron chi connectivity index (χ0n) is 16.4. The van der Waals surface area contributed by atoms with Crippen molar-refractivity contribution in [3.63, 3.8) is 0 Å². The van der Waals surface area contributed by atoms with Crippen molar-refractivity contribution in [2.75, 3.05) is 7.11 Å². The van der Waals surface area contributed by atoms with Crippen LogP contribution in [0.2, 0.25) is 0 Å². The van der Waals surface area contributed by atoms with E-state index in [0.717, 1.165) is 28.7 Å². The van der Waals surface area contributed by atoms with Crippen molar-refractivity contribution in [2.24, 2.45) is 13.0 Å². The number of rotatable bonds is 6. The highest BCUT2D eigenvalue weighted by atomic mass is 32.2. The lowest BCUT2D eigenvalue weighted by atomic mass is 9.86. The largest absolute Gasteiger partial charge is 0.497 e. The minimum Gasteiger partial charge on any atom is -0.497 e. The molecular weight excluding hydrogens is 360 g/mol. The second-order valence-corrected chi connectivity index (χ2v) is 8.54. The van der Waals surface area contributed by atoms with Crippen LogP contribution < -0.4 is 10.1 Å². The van der Waals surface area contributed by atoms with Crippen molar-refractivity contribution in [3.05, 3.63) is 24.3 Å².